The van der Waals surface area contributed by atoms with Crippen LogP contribution in [0, 0.1) is 5.92 Å². The number of benzene rings is 1. The number of amides is 8. The Hall–Kier alpha value is -4.90. The Balaban J connectivity index is 1.34. The maximum Gasteiger partial charge on any atom is 0.249 e. The van der Waals surface area contributed by atoms with E-state index in [2.05, 4.69) is 37.2 Å². The van der Waals surface area contributed by atoms with Crippen LogP contribution in [0.5, 0.6) is 0 Å². The van der Waals surface area contributed by atoms with Crippen LogP contribution >= 0.6 is 0 Å². The molecule has 8 amide bonds. The summed E-state index contributed by atoms with van der Waals surface area (Å²) in [6.45, 7) is -1.13. The molecule has 1 aromatic carbocycles. The number of hydrogen-bond acceptors (Lipinski definition) is 10. The quantitative estimate of drug-likeness (QED) is 0.0385. The zero-order valence-electron chi connectivity index (χ0n) is 28.5. The second-order valence-corrected chi connectivity index (χ2v) is 12.1. The third-order valence-corrected chi connectivity index (χ3v) is 8.21. The van der Waals surface area contributed by atoms with E-state index in [0.29, 0.717) is 25.8 Å². The highest BCUT2D eigenvalue weighted by atomic mass is 16.5. The summed E-state index contributed by atoms with van der Waals surface area (Å²) in [5.74, 6) is -3.42. The summed E-state index contributed by atoms with van der Waals surface area (Å²) in [5.41, 5.74) is 0.748. The largest absolute Gasteiger partial charge is 0.357 e. The molecule has 0 spiro atoms. The molecule has 3 atom stereocenters. The molecule has 0 radical (unpaired) electrons. The monoisotopic (exact) mass is 700 g/mol. The molecule has 17 heteroatoms. The molecule has 1 aromatic rings. The number of ether oxygens (including phenoxy) is 1. The van der Waals surface area contributed by atoms with E-state index in [0.717, 1.165) is 18.4 Å². The second kappa shape index (κ2) is 20.6. The van der Waals surface area contributed by atoms with Gasteiger partial charge in [0.1, 0.15) is 18.9 Å². The number of unbranched alkanes of at least 4 members (excludes halogenated alkanes) is 2. The summed E-state index contributed by atoms with van der Waals surface area (Å²) in [6, 6.07) is 7.36. The fourth-order valence-corrected chi connectivity index (χ4v) is 5.22. The van der Waals surface area contributed by atoms with E-state index in [1.807, 2.05) is 0 Å². The minimum Gasteiger partial charge on any atom is -0.357 e. The topological polar surface area (TPSA) is 233 Å². The average Bonchev–Trinajstić information content (AvgIpc) is 3.91. The number of rotatable bonds is 22. The fraction of sp³-hybridized carbons (Fsp3) is 0.576. The minimum absolute atomic E-state index is 0.112. The third kappa shape index (κ3) is 13.5. The van der Waals surface area contributed by atoms with Crippen LogP contribution in [-0.4, -0.2) is 117 Å². The Morgan fingerprint density at radius 1 is 0.800 bits per heavy atom. The van der Waals surface area contributed by atoms with E-state index in [4.69, 9.17) is 4.74 Å². The van der Waals surface area contributed by atoms with Crippen LogP contribution in [0.4, 0.5) is 0 Å². The lowest BCUT2D eigenvalue weighted by Gasteiger charge is -2.19. The molecule has 0 bridgehead atoms. The highest BCUT2D eigenvalue weighted by molar-refractivity contribution is 6.05. The SMILES string of the molecule is CNC(=O)C(OCNC(=O)CNC(=O)C(Cc1ccccc1)NC(=O)CNC(=O)CNC(=O)CCCCCN1C(=O)CC(NC)C1=O)C1CC1. The molecule has 50 heavy (non-hydrogen) atoms. The van der Waals surface area contributed by atoms with Gasteiger partial charge in [0.2, 0.25) is 47.3 Å². The summed E-state index contributed by atoms with van der Waals surface area (Å²) >= 11 is 0. The maximum absolute atomic E-state index is 13.0. The highest BCUT2D eigenvalue weighted by Crippen LogP contribution is 2.34. The summed E-state index contributed by atoms with van der Waals surface area (Å²) in [6.07, 6.45) is 3.15. The Morgan fingerprint density at radius 3 is 2.12 bits per heavy atom. The fourth-order valence-electron chi connectivity index (χ4n) is 5.22. The van der Waals surface area contributed by atoms with Crippen LogP contribution in [0.1, 0.15) is 50.5 Å². The number of imide groups is 1. The van der Waals surface area contributed by atoms with Crippen molar-refractivity contribution in [2.24, 2.45) is 5.92 Å². The van der Waals surface area contributed by atoms with Crippen molar-refractivity contribution in [2.75, 3.05) is 47.0 Å². The molecular formula is C33H48N8O9. The molecule has 1 aliphatic heterocycles. The van der Waals surface area contributed by atoms with Crippen molar-refractivity contribution in [2.45, 2.75) is 69.6 Å². The van der Waals surface area contributed by atoms with Gasteiger partial charge in [-0.1, -0.05) is 36.8 Å². The lowest BCUT2D eigenvalue weighted by atomic mass is 10.1. The zero-order chi connectivity index (χ0) is 36.5. The molecule has 1 heterocycles. The number of likely N-dealkylation sites (tertiary alicyclic amines) is 1. The van der Waals surface area contributed by atoms with Gasteiger partial charge >= 0.3 is 0 Å². The van der Waals surface area contributed by atoms with Crippen molar-refractivity contribution in [3.05, 3.63) is 35.9 Å². The minimum atomic E-state index is -1.07. The van der Waals surface area contributed by atoms with Gasteiger partial charge in [-0.15, -0.1) is 0 Å². The van der Waals surface area contributed by atoms with Gasteiger partial charge in [0.15, 0.2) is 0 Å². The summed E-state index contributed by atoms with van der Waals surface area (Å²) < 4.78 is 5.51. The molecule has 0 aromatic heterocycles. The molecule has 2 fully saturated rings. The smallest absolute Gasteiger partial charge is 0.249 e. The maximum atomic E-state index is 13.0. The van der Waals surface area contributed by atoms with E-state index in [9.17, 15) is 38.4 Å². The van der Waals surface area contributed by atoms with Gasteiger partial charge < -0.3 is 42.0 Å². The number of hydrogen-bond donors (Lipinski definition) is 7. The van der Waals surface area contributed by atoms with E-state index < -0.39 is 54.9 Å². The number of likely N-dealkylation sites (N-methyl/N-ethyl adjacent to an activating group) is 2. The lowest BCUT2D eigenvalue weighted by Crippen LogP contribution is -2.52. The zero-order valence-corrected chi connectivity index (χ0v) is 28.5. The number of nitrogens with zero attached hydrogens (tertiary/aromatic N) is 1. The van der Waals surface area contributed by atoms with Crippen LogP contribution in [0.25, 0.3) is 0 Å². The van der Waals surface area contributed by atoms with Crippen LogP contribution in [-0.2, 0) is 49.5 Å². The van der Waals surface area contributed by atoms with Gasteiger partial charge in [0, 0.05) is 26.4 Å². The van der Waals surface area contributed by atoms with Gasteiger partial charge in [-0.05, 0) is 44.2 Å². The van der Waals surface area contributed by atoms with Crippen LogP contribution in [0.3, 0.4) is 0 Å². The van der Waals surface area contributed by atoms with E-state index in [1.165, 1.54) is 11.9 Å². The van der Waals surface area contributed by atoms with E-state index in [-0.39, 0.29) is 62.1 Å². The van der Waals surface area contributed by atoms with Crippen LogP contribution < -0.4 is 37.2 Å². The van der Waals surface area contributed by atoms with Crippen molar-refractivity contribution in [1.82, 2.24) is 42.1 Å². The highest BCUT2D eigenvalue weighted by Gasteiger charge is 2.37. The predicted octanol–water partition coefficient (Wildman–Crippen LogP) is -2.42. The predicted molar refractivity (Wildman–Crippen MR) is 178 cm³/mol. The Bertz CT molecular complexity index is 1370. The van der Waals surface area contributed by atoms with Crippen molar-refractivity contribution in [3.63, 3.8) is 0 Å². The van der Waals surface area contributed by atoms with Crippen LogP contribution in [0.15, 0.2) is 30.3 Å². The molecule has 274 valence electrons. The van der Waals surface area contributed by atoms with Gasteiger partial charge in [-0.2, -0.15) is 0 Å². The van der Waals surface area contributed by atoms with Crippen molar-refractivity contribution in [1.29, 1.82) is 0 Å². The molecule has 1 saturated carbocycles. The first-order valence-electron chi connectivity index (χ1n) is 16.8. The Kier molecular flexibility index (Phi) is 16.3. The first kappa shape index (κ1) is 39.5. The molecule has 1 aliphatic carbocycles. The summed E-state index contributed by atoms with van der Waals surface area (Å²) in [7, 11) is 3.14. The molecule has 7 N–H and O–H groups in total. The number of carbonyl (C=O) groups is 8. The number of carbonyl (C=O) groups excluding carboxylic acids is 8. The normalized spacial score (nSPS) is 16.6. The van der Waals surface area contributed by atoms with Crippen molar-refractivity contribution in [3.8, 4) is 0 Å². The van der Waals surface area contributed by atoms with Gasteiger partial charge in [0.25, 0.3) is 0 Å². The molecule has 1 saturated heterocycles. The first-order valence-corrected chi connectivity index (χ1v) is 16.8. The average molecular weight is 701 g/mol. The standard InChI is InChI=1S/C33H48N8O9/c1-34-24-16-29(46)41(33(24)49)14-8-4-7-11-25(42)36-17-26(43)37-19-28(45)40-23(15-21-9-5-3-6-10-21)31(47)38-18-27(44)39-20-50-30(22-12-13-22)32(48)35-2/h3,5-6,9-10,22-24,30,34H,4,7-8,11-20H2,1-2H3,(H,35,48)(H,36,42)(H,37,43)(H,38,47)(H,39,44)(H,40,45). The van der Waals surface area contributed by atoms with Gasteiger partial charge in [-0.25, -0.2) is 0 Å². The summed E-state index contributed by atoms with van der Waals surface area (Å²) in [5, 5.41) is 17.8. The van der Waals surface area contributed by atoms with E-state index in [1.54, 1.807) is 37.4 Å². The Labute approximate surface area is 290 Å². The van der Waals surface area contributed by atoms with Crippen LogP contribution in [0.2, 0.25) is 0 Å². The lowest BCUT2D eigenvalue weighted by molar-refractivity contribution is -0.139. The van der Waals surface area contributed by atoms with Crippen molar-refractivity contribution >= 4 is 47.3 Å². The molecule has 2 aliphatic rings. The number of nitrogens with one attached hydrogen (secondary N) is 7. The molecule has 17 nitrogen and oxygen atoms in total. The molecule has 3 unspecified atom stereocenters. The Morgan fingerprint density at radius 2 is 1.46 bits per heavy atom. The van der Waals surface area contributed by atoms with Gasteiger partial charge in [-0.3, -0.25) is 43.3 Å². The molecular weight excluding hydrogens is 652 g/mol. The molecule has 3 rings (SSSR count). The summed E-state index contributed by atoms with van der Waals surface area (Å²) in [4.78, 5) is 99.7. The third-order valence-electron chi connectivity index (χ3n) is 8.21. The van der Waals surface area contributed by atoms with Gasteiger partial charge in [0.05, 0.1) is 32.1 Å². The first-order chi connectivity index (χ1) is 24.0. The second-order valence-electron chi connectivity index (χ2n) is 12.1. The van der Waals surface area contributed by atoms with Crippen molar-refractivity contribution < 1.29 is 43.1 Å². The van der Waals surface area contributed by atoms with E-state index >= 15 is 0 Å².